The fourth-order valence-corrected chi connectivity index (χ4v) is 1.93. The molecule has 0 atom stereocenters. The van der Waals surface area contributed by atoms with Crippen molar-refractivity contribution in [3.8, 4) is 11.5 Å². The van der Waals surface area contributed by atoms with Gasteiger partial charge in [-0.15, -0.1) is 12.6 Å². The van der Waals surface area contributed by atoms with Crippen molar-refractivity contribution in [3.63, 3.8) is 0 Å². The minimum absolute atomic E-state index is 0. The number of carbonyl (C=O) groups is 1. The lowest BCUT2D eigenvalue weighted by atomic mass is 10.0. The summed E-state index contributed by atoms with van der Waals surface area (Å²) in [5, 5.41) is 9.84. The monoisotopic (exact) mass is 314 g/mol. The molecular weight excluding hydrogens is 296 g/mol. The molecule has 0 saturated heterocycles. The summed E-state index contributed by atoms with van der Waals surface area (Å²) in [6.45, 7) is 0. The van der Waals surface area contributed by atoms with Crippen LogP contribution in [0.1, 0.15) is 15.9 Å². The molecule has 0 saturated carbocycles. The van der Waals surface area contributed by atoms with Crippen molar-refractivity contribution >= 4 is 18.4 Å². The number of benzene rings is 2. The van der Waals surface area contributed by atoms with Crippen LogP contribution in [0.4, 0.5) is 0 Å². The van der Waals surface area contributed by atoms with Crippen LogP contribution in [0.25, 0.3) is 0 Å². The molecule has 0 aromatic heterocycles. The largest absolute Gasteiger partial charge is 0.507 e. The zero-order chi connectivity index (χ0) is 13.1. The number of hydrogen-bond donors (Lipinski definition) is 2. The second kappa shape index (κ2) is 8.98. The van der Waals surface area contributed by atoms with Crippen LogP contribution in [0.2, 0.25) is 0 Å². The van der Waals surface area contributed by atoms with Gasteiger partial charge in [0.2, 0.25) is 0 Å². The lowest BCUT2D eigenvalue weighted by Crippen LogP contribution is -2.02. The van der Waals surface area contributed by atoms with Crippen molar-refractivity contribution in [3.05, 3.63) is 53.6 Å². The second-order valence-electron chi connectivity index (χ2n) is 3.74. The fraction of sp³-hybridized carbons (Fsp3) is 0.0714. The maximum atomic E-state index is 12.2. The van der Waals surface area contributed by atoms with Crippen LogP contribution in [-0.4, -0.2) is 34.4 Å². The highest BCUT2D eigenvalue weighted by Crippen LogP contribution is 2.31. The Bertz CT molecular complexity index is 586. The lowest BCUT2D eigenvalue weighted by molar-refractivity contribution is 0.103. The number of methoxy groups -OCH3 is 1. The molecule has 21 heavy (non-hydrogen) atoms. The summed E-state index contributed by atoms with van der Waals surface area (Å²) < 4.78 is 5.02. The van der Waals surface area contributed by atoms with Crippen molar-refractivity contribution in [2.24, 2.45) is 0 Å². The topological polar surface area (TPSA) is 141 Å². The molecule has 0 amide bonds. The van der Waals surface area contributed by atoms with Gasteiger partial charge in [0.1, 0.15) is 11.5 Å². The molecule has 0 aliphatic heterocycles. The molecule has 0 spiro atoms. The summed E-state index contributed by atoms with van der Waals surface area (Å²) in [6, 6.07) is 11.7. The van der Waals surface area contributed by atoms with Gasteiger partial charge in [0.25, 0.3) is 0 Å². The maximum absolute atomic E-state index is 12.2. The van der Waals surface area contributed by atoms with E-state index in [-0.39, 0.29) is 33.5 Å². The predicted octanol–water partition coefficient (Wildman–Crippen LogP) is 0.446. The van der Waals surface area contributed by atoms with Gasteiger partial charge in [0.05, 0.1) is 12.7 Å². The molecular formula is C14H18O6S. The number of carbonyl (C=O) groups excluding carboxylic acids is 1. The van der Waals surface area contributed by atoms with Crippen LogP contribution in [0.5, 0.6) is 11.5 Å². The number of ether oxygens (including phenoxy) is 1. The molecule has 0 aliphatic carbocycles. The number of aromatic hydroxyl groups is 1. The number of thiol groups is 1. The molecule has 0 radical (unpaired) electrons. The molecule has 6 nitrogen and oxygen atoms in total. The van der Waals surface area contributed by atoms with Gasteiger partial charge in [0.15, 0.2) is 5.78 Å². The van der Waals surface area contributed by atoms with Gasteiger partial charge in [-0.1, -0.05) is 30.3 Å². The Hall–Kier alpha value is -2.06. The van der Waals surface area contributed by atoms with E-state index in [9.17, 15) is 9.90 Å². The summed E-state index contributed by atoms with van der Waals surface area (Å²) in [5.74, 6) is 0.0741. The van der Waals surface area contributed by atoms with Crippen molar-refractivity contribution in [1.82, 2.24) is 0 Å². The minimum atomic E-state index is -0.244. The average molecular weight is 314 g/mol. The normalized spacial score (nSPS) is 8.67. The molecule has 2 aromatic rings. The number of rotatable bonds is 3. The molecule has 0 bridgehead atoms. The van der Waals surface area contributed by atoms with Crippen molar-refractivity contribution < 1.29 is 31.1 Å². The first-order chi connectivity index (χ1) is 8.63. The number of phenolic OH excluding ortho intramolecular Hbond substituents is 1. The summed E-state index contributed by atoms with van der Waals surface area (Å²) in [4.78, 5) is 12.7. The standard InChI is InChI=1S/C14H12O3S.3H2O/c1-17-12-8-11(15)10(7-13(12)18)14(16)9-5-3-2-4-6-9;;;/h2-8,15,18H,1H3;3*1H2. The van der Waals surface area contributed by atoms with Gasteiger partial charge in [-0.25, -0.2) is 0 Å². The molecule has 7 N–H and O–H groups in total. The van der Waals surface area contributed by atoms with Crippen molar-refractivity contribution in [2.45, 2.75) is 4.90 Å². The third-order valence-electron chi connectivity index (χ3n) is 2.58. The van der Waals surface area contributed by atoms with E-state index in [0.29, 0.717) is 16.2 Å². The predicted molar refractivity (Wildman–Crippen MR) is 82.6 cm³/mol. The molecule has 116 valence electrons. The summed E-state index contributed by atoms with van der Waals surface area (Å²) >= 11 is 4.21. The Labute approximate surface area is 127 Å². The van der Waals surface area contributed by atoms with Gasteiger partial charge in [-0.05, 0) is 6.07 Å². The maximum Gasteiger partial charge on any atom is 0.196 e. The lowest BCUT2D eigenvalue weighted by Gasteiger charge is -2.09. The number of hydrogen-bond acceptors (Lipinski definition) is 4. The average Bonchev–Trinajstić information content (AvgIpc) is 2.41. The van der Waals surface area contributed by atoms with E-state index in [2.05, 4.69) is 12.6 Å². The highest BCUT2D eigenvalue weighted by atomic mass is 32.1. The van der Waals surface area contributed by atoms with E-state index < -0.39 is 0 Å². The van der Waals surface area contributed by atoms with E-state index >= 15 is 0 Å². The summed E-state index contributed by atoms with van der Waals surface area (Å²) in [5.41, 5.74) is 0.734. The third-order valence-corrected chi connectivity index (χ3v) is 2.93. The Kier molecular flexibility index (Phi) is 9.09. The van der Waals surface area contributed by atoms with Crippen molar-refractivity contribution in [2.75, 3.05) is 7.11 Å². The second-order valence-corrected chi connectivity index (χ2v) is 4.22. The van der Waals surface area contributed by atoms with Crippen LogP contribution >= 0.6 is 12.6 Å². The van der Waals surface area contributed by atoms with Crippen LogP contribution in [0, 0.1) is 0 Å². The highest BCUT2D eigenvalue weighted by Gasteiger charge is 2.16. The fourth-order valence-electron chi connectivity index (χ4n) is 1.65. The highest BCUT2D eigenvalue weighted by molar-refractivity contribution is 7.80. The molecule has 0 heterocycles. The van der Waals surface area contributed by atoms with Gasteiger partial charge >= 0.3 is 0 Å². The van der Waals surface area contributed by atoms with Gasteiger partial charge in [-0.3, -0.25) is 4.79 Å². The first-order valence-corrected chi connectivity index (χ1v) is 5.78. The zero-order valence-corrected chi connectivity index (χ0v) is 12.1. The minimum Gasteiger partial charge on any atom is -0.507 e. The molecule has 2 rings (SSSR count). The molecule has 0 unspecified atom stereocenters. The van der Waals surface area contributed by atoms with Gasteiger partial charge in [0, 0.05) is 16.5 Å². The molecule has 0 fully saturated rings. The third kappa shape index (κ3) is 4.47. The van der Waals surface area contributed by atoms with E-state index in [4.69, 9.17) is 4.74 Å². The quantitative estimate of drug-likeness (QED) is 0.627. The molecule has 7 heteroatoms. The van der Waals surface area contributed by atoms with Crippen LogP contribution in [0.3, 0.4) is 0 Å². The Morgan fingerprint density at radius 2 is 1.67 bits per heavy atom. The SMILES string of the molecule is COc1cc(O)c(C(=O)c2ccccc2)cc1S.O.O.O. The smallest absolute Gasteiger partial charge is 0.196 e. The zero-order valence-electron chi connectivity index (χ0n) is 11.3. The first-order valence-electron chi connectivity index (χ1n) is 5.33. The summed E-state index contributed by atoms with van der Waals surface area (Å²) in [7, 11) is 1.48. The van der Waals surface area contributed by atoms with E-state index in [1.807, 2.05) is 6.07 Å². The number of ketones is 1. The van der Waals surface area contributed by atoms with E-state index in [0.717, 1.165) is 0 Å². The number of phenols is 1. The molecule has 2 aromatic carbocycles. The first kappa shape index (κ1) is 21.2. The van der Waals surface area contributed by atoms with Crippen LogP contribution in [-0.2, 0) is 0 Å². The summed E-state index contributed by atoms with van der Waals surface area (Å²) in [6.07, 6.45) is 0. The van der Waals surface area contributed by atoms with E-state index in [1.54, 1.807) is 24.3 Å². The van der Waals surface area contributed by atoms with Crippen LogP contribution in [0.15, 0.2) is 47.4 Å². The molecule has 0 aliphatic rings. The Balaban J connectivity index is 0. The Morgan fingerprint density at radius 1 is 1.10 bits per heavy atom. The van der Waals surface area contributed by atoms with Gasteiger partial charge in [-0.2, -0.15) is 0 Å². The van der Waals surface area contributed by atoms with Crippen LogP contribution < -0.4 is 4.74 Å². The van der Waals surface area contributed by atoms with Gasteiger partial charge < -0.3 is 26.3 Å². The Morgan fingerprint density at radius 3 is 2.19 bits per heavy atom. The van der Waals surface area contributed by atoms with E-state index in [1.165, 1.54) is 19.2 Å². The van der Waals surface area contributed by atoms with Crippen molar-refractivity contribution in [1.29, 1.82) is 0 Å².